The van der Waals surface area contributed by atoms with Gasteiger partial charge in [-0.1, -0.05) is 0 Å². The zero-order valence-electron chi connectivity index (χ0n) is 30.4. The Balaban J connectivity index is 1.40. The van der Waals surface area contributed by atoms with Crippen molar-refractivity contribution in [3.05, 3.63) is 190 Å². The first kappa shape index (κ1) is 35.5. The van der Waals surface area contributed by atoms with Crippen molar-refractivity contribution in [2.45, 2.75) is 47.0 Å². The second kappa shape index (κ2) is 14.0. The van der Waals surface area contributed by atoms with Crippen LogP contribution in [-0.4, -0.2) is 5.92 Å². The van der Waals surface area contributed by atoms with E-state index < -0.39 is 21.5 Å². The minimum atomic E-state index is -5.15. The number of rotatable bonds is 9. The summed E-state index contributed by atoms with van der Waals surface area (Å²) < 4.78 is -0.140. The van der Waals surface area contributed by atoms with Gasteiger partial charge < -0.3 is 0 Å². The van der Waals surface area contributed by atoms with Gasteiger partial charge in [0.05, 0.1) is 0 Å². The van der Waals surface area contributed by atoms with Crippen LogP contribution in [0.15, 0.2) is 146 Å². The third-order valence-electron chi connectivity index (χ3n) is 11.9. The maximum absolute atomic E-state index is 8.92. The van der Waals surface area contributed by atoms with Crippen LogP contribution in [0.2, 0.25) is 13.1 Å². The molecule has 259 valence electrons. The number of hydrogen-bond donors (Lipinski definition) is 0. The fourth-order valence-electron chi connectivity index (χ4n) is 8.93. The number of hydrogen-bond acceptors (Lipinski definition) is 0. The molecule has 0 saturated carbocycles. The van der Waals surface area contributed by atoms with Gasteiger partial charge in [0.1, 0.15) is 0 Å². The van der Waals surface area contributed by atoms with Crippen molar-refractivity contribution in [2.75, 3.05) is 0 Å². The molecule has 2 aliphatic carbocycles. The van der Waals surface area contributed by atoms with Gasteiger partial charge in [0, 0.05) is 0 Å². The van der Waals surface area contributed by atoms with E-state index in [0.29, 0.717) is 0 Å². The number of allylic oxidation sites excluding steroid dienone is 2. The Morgan fingerprint density at radius 2 is 0.846 bits per heavy atom. The van der Waals surface area contributed by atoms with Crippen molar-refractivity contribution in [3.8, 4) is 22.3 Å². The van der Waals surface area contributed by atoms with Crippen molar-refractivity contribution < 1.29 is 15.6 Å². The molecule has 0 aliphatic heterocycles. The molecule has 0 saturated heterocycles. The van der Waals surface area contributed by atoms with Crippen LogP contribution in [0.25, 0.3) is 45.6 Å². The third-order valence-corrected chi connectivity index (χ3v) is 63.4. The second-order valence-electron chi connectivity index (χ2n) is 14.9. The second-order valence-corrected chi connectivity index (χ2v) is 57.4. The first-order valence-electron chi connectivity index (χ1n) is 18.8. The Labute approximate surface area is 318 Å². The van der Waals surface area contributed by atoms with E-state index in [1.165, 1.54) is 77.9 Å². The van der Waals surface area contributed by atoms with Crippen molar-refractivity contribution in [2.24, 2.45) is 0 Å². The molecule has 0 amide bonds. The molecule has 0 aromatic heterocycles. The molecule has 2 aliphatic rings. The summed E-state index contributed by atoms with van der Waals surface area (Å²) in [6, 6.07) is 53.6. The van der Waals surface area contributed by atoms with Gasteiger partial charge in [0.2, 0.25) is 0 Å². The van der Waals surface area contributed by atoms with Gasteiger partial charge in [-0.25, -0.2) is 0 Å². The summed E-state index contributed by atoms with van der Waals surface area (Å²) in [5.74, 6) is -1.81. The van der Waals surface area contributed by atoms with E-state index in [0.717, 1.165) is 12.8 Å². The van der Waals surface area contributed by atoms with E-state index in [1.54, 1.807) is 0 Å². The summed E-state index contributed by atoms with van der Waals surface area (Å²) in [4.78, 5) is 0. The molecule has 0 fully saturated rings. The van der Waals surface area contributed by atoms with Gasteiger partial charge in [-0.05, 0) is 0 Å². The number of aryl methyl sites for hydroxylation is 2. The SMILES string of the molecule is CCc1ccc(-c2cccc3c2C=C(c2ccccc2)[CH]3[Zr]([Cl])([Cl])([CH]2C(c3ccccc3)=Cc3c(-c4ccc(CC)cc4)cccc32)[SiH](C)C)cc1. The standard InChI is InChI=1S/2C23H19.C2H7Si.2ClH.Zr/c2*1-2-17-11-13-19(14-12-17)22-10-6-9-20-15-21(16-23(20)22)18-7-4-3-5-8-18;1-3-2;;;/h2*3-16H,2H2,1H3;3H,1-2H3;2*1H;/q;;;;;+2/p-2. The fourth-order valence-corrected chi connectivity index (χ4v) is 39.0. The molecule has 0 heterocycles. The number of fused-ring (bicyclic) bond motifs is 2. The van der Waals surface area contributed by atoms with Gasteiger partial charge >= 0.3 is 321 Å². The molecule has 6 aromatic rings. The maximum atomic E-state index is 8.92. The molecule has 2 atom stereocenters. The predicted octanol–water partition coefficient (Wildman–Crippen LogP) is 14.0. The fraction of sp³-hybridized carbons (Fsp3) is 0.167. The molecular formula is C48H45Cl2SiZr. The number of benzene rings is 6. The van der Waals surface area contributed by atoms with Crippen LogP contribution in [0.1, 0.15) is 65.6 Å². The molecule has 2 unspecified atom stereocenters. The zero-order chi connectivity index (χ0) is 36.1. The van der Waals surface area contributed by atoms with Crippen LogP contribution in [0, 0.1) is 0 Å². The molecule has 4 heteroatoms. The molecule has 0 bridgehead atoms. The third kappa shape index (κ3) is 5.82. The van der Waals surface area contributed by atoms with Crippen LogP contribution in [0.5, 0.6) is 0 Å². The molecule has 0 radical (unpaired) electrons. The van der Waals surface area contributed by atoms with Gasteiger partial charge in [-0.2, -0.15) is 0 Å². The summed E-state index contributed by atoms with van der Waals surface area (Å²) in [6.07, 6.45) is 6.94. The first-order valence-corrected chi connectivity index (χ1v) is 35.1. The van der Waals surface area contributed by atoms with Crippen LogP contribution in [-0.2, 0) is 28.4 Å². The summed E-state index contributed by atoms with van der Waals surface area (Å²) >= 11 is -5.15. The molecule has 0 nitrogen and oxygen atoms in total. The van der Waals surface area contributed by atoms with Gasteiger partial charge in [-0.3, -0.25) is 0 Å². The average Bonchev–Trinajstić information content (AvgIpc) is 3.80. The monoisotopic (exact) mass is 809 g/mol. The van der Waals surface area contributed by atoms with Crippen LogP contribution >= 0.6 is 17.0 Å². The van der Waals surface area contributed by atoms with Gasteiger partial charge in [-0.15, -0.1) is 0 Å². The minimum absolute atomic E-state index is 0.0701. The van der Waals surface area contributed by atoms with Crippen molar-refractivity contribution in [3.63, 3.8) is 0 Å². The Kier molecular flexibility index (Phi) is 9.59. The van der Waals surface area contributed by atoms with E-state index in [9.17, 15) is 0 Å². The van der Waals surface area contributed by atoms with Crippen molar-refractivity contribution in [1.29, 1.82) is 0 Å². The molecule has 0 spiro atoms. The van der Waals surface area contributed by atoms with Crippen molar-refractivity contribution >= 4 is 46.2 Å². The normalized spacial score (nSPS) is 17.2. The summed E-state index contributed by atoms with van der Waals surface area (Å²) in [5.41, 5.74) is 17.7. The van der Waals surface area contributed by atoms with E-state index in [1.807, 2.05) is 0 Å². The molecule has 0 N–H and O–H groups in total. The van der Waals surface area contributed by atoms with Crippen LogP contribution in [0.4, 0.5) is 0 Å². The first-order chi connectivity index (χ1) is 25.2. The van der Waals surface area contributed by atoms with E-state index in [4.69, 9.17) is 17.0 Å². The topological polar surface area (TPSA) is 0 Å². The zero-order valence-corrected chi connectivity index (χ0v) is 35.5. The van der Waals surface area contributed by atoms with Gasteiger partial charge in [0.15, 0.2) is 0 Å². The molecular weight excluding hydrogens is 767 g/mol. The molecule has 6 aromatic carbocycles. The Morgan fingerprint density at radius 1 is 0.462 bits per heavy atom. The average molecular weight is 812 g/mol. The molecule has 52 heavy (non-hydrogen) atoms. The Morgan fingerprint density at radius 3 is 1.19 bits per heavy atom. The van der Waals surface area contributed by atoms with Crippen molar-refractivity contribution in [1.82, 2.24) is 0 Å². The summed E-state index contributed by atoms with van der Waals surface area (Å²) in [6.45, 7) is 9.30. The van der Waals surface area contributed by atoms with E-state index >= 15 is 0 Å². The quantitative estimate of drug-likeness (QED) is 0.128. The Bertz CT molecular complexity index is 2160. The van der Waals surface area contributed by atoms with E-state index in [2.05, 4.69) is 185 Å². The molecule has 8 rings (SSSR count). The number of halogens is 2. The summed E-state index contributed by atoms with van der Waals surface area (Å²) in [5, 5.41) is 0. The van der Waals surface area contributed by atoms with Crippen LogP contribution < -0.4 is 0 Å². The van der Waals surface area contributed by atoms with Crippen LogP contribution in [0.3, 0.4) is 0 Å². The summed E-state index contributed by atoms with van der Waals surface area (Å²) in [7, 11) is 17.8. The van der Waals surface area contributed by atoms with Gasteiger partial charge in [0.25, 0.3) is 0 Å². The van der Waals surface area contributed by atoms with E-state index in [-0.39, 0.29) is 7.25 Å². The predicted molar refractivity (Wildman–Crippen MR) is 227 cm³/mol. The Hall–Kier alpha value is -3.52.